The van der Waals surface area contributed by atoms with Gasteiger partial charge in [-0.3, -0.25) is 24.2 Å². The number of thioether (sulfide) groups is 1. The van der Waals surface area contributed by atoms with Crippen molar-refractivity contribution in [3.63, 3.8) is 0 Å². The number of carbonyl (C=O) groups excluding carboxylic acids is 3. The highest BCUT2D eigenvalue weighted by Crippen LogP contribution is 2.36. The number of imide groups is 1. The quantitative estimate of drug-likeness (QED) is 0.314. The van der Waals surface area contributed by atoms with E-state index in [1.54, 1.807) is 24.3 Å². The molecule has 3 amide bonds. The van der Waals surface area contributed by atoms with E-state index in [9.17, 15) is 27.6 Å². The molecule has 3 aromatic carbocycles. The molecule has 2 aliphatic heterocycles. The Morgan fingerprint density at radius 2 is 1.54 bits per heavy atom. The molecule has 3 aromatic rings. The average molecular weight is 580 g/mol. The standard InChI is InChI=1S/C31H28F3N3O3S/c1-21(23-7-3-2-4-8-23)35-15-17-36(18-16-35)28(38)24-13-11-22(12-14-24)19-27-29(39)37(30(40)41-27)20-25-9-5-6-10-26(25)31(32,33)34/h2-14,19,21H,15-18,20H2,1H3/b27-19-. The van der Waals surface area contributed by atoms with E-state index in [0.29, 0.717) is 36.0 Å². The Labute approximate surface area is 240 Å². The monoisotopic (exact) mass is 579 g/mol. The molecule has 0 spiro atoms. The zero-order valence-corrected chi connectivity index (χ0v) is 23.1. The number of alkyl halides is 3. The van der Waals surface area contributed by atoms with Crippen LogP contribution in [0.2, 0.25) is 0 Å². The Hall–Kier alpha value is -3.89. The molecule has 41 heavy (non-hydrogen) atoms. The Morgan fingerprint density at radius 3 is 2.20 bits per heavy atom. The summed E-state index contributed by atoms with van der Waals surface area (Å²) in [7, 11) is 0. The predicted molar refractivity (Wildman–Crippen MR) is 152 cm³/mol. The number of benzene rings is 3. The number of rotatable bonds is 6. The fourth-order valence-electron chi connectivity index (χ4n) is 5.05. The molecule has 1 atom stereocenters. The Balaban J connectivity index is 1.21. The smallest absolute Gasteiger partial charge is 0.336 e. The van der Waals surface area contributed by atoms with Gasteiger partial charge in [0.05, 0.1) is 17.0 Å². The number of hydrogen-bond donors (Lipinski definition) is 0. The van der Waals surface area contributed by atoms with Crippen LogP contribution in [-0.4, -0.2) is 57.9 Å². The van der Waals surface area contributed by atoms with Gasteiger partial charge in [-0.2, -0.15) is 13.2 Å². The fourth-order valence-corrected chi connectivity index (χ4v) is 5.89. The molecule has 0 bridgehead atoms. The Morgan fingerprint density at radius 1 is 0.902 bits per heavy atom. The number of carbonyl (C=O) groups is 3. The van der Waals surface area contributed by atoms with Gasteiger partial charge in [-0.25, -0.2) is 0 Å². The van der Waals surface area contributed by atoms with Crippen molar-refractivity contribution in [1.29, 1.82) is 0 Å². The minimum atomic E-state index is -4.60. The van der Waals surface area contributed by atoms with Crippen molar-refractivity contribution in [2.45, 2.75) is 25.7 Å². The van der Waals surface area contributed by atoms with Crippen LogP contribution in [-0.2, 0) is 17.5 Å². The summed E-state index contributed by atoms with van der Waals surface area (Å²) in [5.41, 5.74) is 1.33. The van der Waals surface area contributed by atoms with Crippen molar-refractivity contribution in [3.05, 3.63) is 112 Å². The first-order chi connectivity index (χ1) is 19.6. The molecule has 2 heterocycles. The minimum Gasteiger partial charge on any atom is -0.336 e. The summed E-state index contributed by atoms with van der Waals surface area (Å²) in [6.45, 7) is 4.46. The third kappa shape index (κ3) is 6.39. The molecule has 1 unspecified atom stereocenters. The van der Waals surface area contributed by atoms with Gasteiger partial charge in [-0.1, -0.05) is 60.7 Å². The van der Waals surface area contributed by atoms with E-state index < -0.39 is 29.4 Å². The summed E-state index contributed by atoms with van der Waals surface area (Å²) in [5, 5.41) is -0.634. The molecular weight excluding hydrogens is 551 g/mol. The second-order valence-electron chi connectivity index (χ2n) is 9.96. The first kappa shape index (κ1) is 28.6. The lowest BCUT2D eigenvalue weighted by atomic mass is 10.1. The maximum Gasteiger partial charge on any atom is 0.416 e. The van der Waals surface area contributed by atoms with Crippen LogP contribution in [0.25, 0.3) is 6.08 Å². The van der Waals surface area contributed by atoms with Gasteiger partial charge < -0.3 is 4.90 Å². The highest BCUT2D eigenvalue weighted by atomic mass is 32.2. The first-order valence-electron chi connectivity index (χ1n) is 13.2. The molecule has 212 valence electrons. The molecule has 0 N–H and O–H groups in total. The number of amides is 3. The van der Waals surface area contributed by atoms with Crippen molar-refractivity contribution in [2.24, 2.45) is 0 Å². The topological polar surface area (TPSA) is 60.9 Å². The van der Waals surface area contributed by atoms with Crippen molar-refractivity contribution in [1.82, 2.24) is 14.7 Å². The lowest BCUT2D eigenvalue weighted by molar-refractivity contribution is -0.139. The molecule has 0 aliphatic carbocycles. The molecular formula is C31H28F3N3O3S. The van der Waals surface area contributed by atoms with E-state index in [4.69, 9.17) is 0 Å². The van der Waals surface area contributed by atoms with E-state index in [1.807, 2.05) is 23.1 Å². The van der Waals surface area contributed by atoms with Crippen molar-refractivity contribution >= 4 is 34.9 Å². The third-order valence-electron chi connectivity index (χ3n) is 7.41. The van der Waals surface area contributed by atoms with Gasteiger partial charge in [0.1, 0.15) is 0 Å². The highest BCUT2D eigenvalue weighted by Gasteiger charge is 2.38. The van der Waals surface area contributed by atoms with Crippen molar-refractivity contribution in [2.75, 3.05) is 26.2 Å². The van der Waals surface area contributed by atoms with Gasteiger partial charge in [0.2, 0.25) is 0 Å². The van der Waals surface area contributed by atoms with E-state index in [1.165, 1.54) is 29.8 Å². The van der Waals surface area contributed by atoms with Crippen LogP contribution in [0.1, 0.15) is 45.6 Å². The SMILES string of the molecule is CC(c1ccccc1)N1CCN(C(=O)c2ccc(/C=C3\SC(=O)N(Cc4ccccc4C(F)(F)F)C3=O)cc2)CC1. The van der Waals surface area contributed by atoms with Crippen LogP contribution >= 0.6 is 11.8 Å². The molecule has 0 saturated carbocycles. The minimum absolute atomic E-state index is 0.0767. The van der Waals surface area contributed by atoms with Gasteiger partial charge in [0.25, 0.3) is 17.1 Å². The van der Waals surface area contributed by atoms with Crippen LogP contribution in [0.3, 0.4) is 0 Å². The lowest BCUT2D eigenvalue weighted by Gasteiger charge is -2.38. The number of hydrogen-bond acceptors (Lipinski definition) is 5. The van der Waals surface area contributed by atoms with Gasteiger partial charge in [0.15, 0.2) is 0 Å². The Bertz CT molecular complexity index is 1470. The van der Waals surface area contributed by atoms with Crippen molar-refractivity contribution < 1.29 is 27.6 Å². The molecule has 0 aromatic heterocycles. The second kappa shape index (κ2) is 11.9. The fraction of sp³-hybridized carbons (Fsp3) is 0.258. The number of nitrogens with zero attached hydrogens (tertiary/aromatic N) is 3. The van der Waals surface area contributed by atoms with E-state index in [-0.39, 0.29) is 22.4 Å². The lowest BCUT2D eigenvalue weighted by Crippen LogP contribution is -2.49. The third-order valence-corrected chi connectivity index (χ3v) is 8.32. The summed E-state index contributed by atoms with van der Waals surface area (Å²) in [5.74, 6) is -0.730. The maximum absolute atomic E-state index is 13.4. The average Bonchev–Trinajstić information content (AvgIpc) is 3.24. The maximum atomic E-state index is 13.4. The van der Waals surface area contributed by atoms with Gasteiger partial charge >= 0.3 is 6.18 Å². The summed E-state index contributed by atoms with van der Waals surface area (Å²) < 4.78 is 40.1. The zero-order valence-electron chi connectivity index (χ0n) is 22.3. The van der Waals surface area contributed by atoms with Gasteiger partial charge in [-0.15, -0.1) is 0 Å². The summed E-state index contributed by atoms with van der Waals surface area (Å²) in [6.07, 6.45) is -3.08. The van der Waals surface area contributed by atoms with Crippen LogP contribution in [0.15, 0.2) is 83.8 Å². The molecule has 0 radical (unpaired) electrons. The largest absolute Gasteiger partial charge is 0.416 e. The second-order valence-corrected chi connectivity index (χ2v) is 11.0. The van der Waals surface area contributed by atoms with Crippen LogP contribution in [0, 0.1) is 0 Å². The first-order valence-corrected chi connectivity index (χ1v) is 14.0. The predicted octanol–water partition coefficient (Wildman–Crippen LogP) is 6.46. The van der Waals surface area contributed by atoms with Crippen LogP contribution in [0.4, 0.5) is 18.0 Å². The highest BCUT2D eigenvalue weighted by molar-refractivity contribution is 8.18. The molecule has 2 saturated heterocycles. The van der Waals surface area contributed by atoms with Gasteiger partial charge in [0, 0.05) is 37.8 Å². The van der Waals surface area contributed by atoms with Crippen LogP contribution in [0.5, 0.6) is 0 Å². The molecule has 5 rings (SSSR count). The van der Waals surface area contributed by atoms with E-state index in [2.05, 4.69) is 24.0 Å². The summed E-state index contributed by atoms with van der Waals surface area (Å²) in [6, 6.07) is 22.1. The summed E-state index contributed by atoms with van der Waals surface area (Å²) in [4.78, 5) is 43.6. The normalized spacial score (nSPS) is 18.3. The van der Waals surface area contributed by atoms with Gasteiger partial charge in [-0.05, 0) is 59.7 Å². The molecule has 2 aliphatic rings. The van der Waals surface area contributed by atoms with Crippen molar-refractivity contribution in [3.8, 4) is 0 Å². The number of piperazine rings is 1. The molecule has 2 fully saturated rings. The number of halogens is 3. The Kier molecular flexibility index (Phi) is 8.32. The summed E-state index contributed by atoms with van der Waals surface area (Å²) >= 11 is 0.681. The zero-order chi connectivity index (χ0) is 29.1. The molecule has 10 heteroatoms. The molecule has 6 nitrogen and oxygen atoms in total. The van der Waals surface area contributed by atoms with Crippen LogP contribution < -0.4 is 0 Å². The van der Waals surface area contributed by atoms with E-state index >= 15 is 0 Å². The van der Waals surface area contributed by atoms with E-state index in [0.717, 1.165) is 24.1 Å².